The highest BCUT2D eigenvalue weighted by Crippen LogP contribution is 2.09. The number of pyridine rings is 1. The van der Waals surface area contributed by atoms with Gasteiger partial charge >= 0.3 is 6.09 Å². The summed E-state index contributed by atoms with van der Waals surface area (Å²) in [6.07, 6.45) is 7.09. The molecule has 5 heteroatoms. The van der Waals surface area contributed by atoms with Gasteiger partial charge in [-0.1, -0.05) is 18.2 Å². The largest absolute Gasteiger partial charge is 0.444 e. The van der Waals surface area contributed by atoms with Gasteiger partial charge in [-0.2, -0.15) is 0 Å². The van der Waals surface area contributed by atoms with Crippen molar-refractivity contribution in [1.82, 2.24) is 15.6 Å². The molecule has 1 heterocycles. The van der Waals surface area contributed by atoms with E-state index in [1.807, 2.05) is 51.3 Å². The second kappa shape index (κ2) is 8.42. The van der Waals surface area contributed by atoms with Crippen LogP contribution in [0.1, 0.15) is 39.3 Å². The molecule has 1 rings (SSSR count). The summed E-state index contributed by atoms with van der Waals surface area (Å²) < 4.78 is 5.13. The highest BCUT2D eigenvalue weighted by Gasteiger charge is 2.14. The molecule has 0 radical (unpaired) electrons. The number of aromatic nitrogens is 1. The average molecular weight is 291 g/mol. The molecule has 1 unspecified atom stereocenters. The van der Waals surface area contributed by atoms with E-state index in [1.54, 1.807) is 6.20 Å². The lowest BCUT2D eigenvalue weighted by Crippen LogP contribution is -2.32. The van der Waals surface area contributed by atoms with E-state index in [4.69, 9.17) is 4.74 Å². The molecule has 21 heavy (non-hydrogen) atoms. The van der Waals surface area contributed by atoms with Crippen molar-refractivity contribution in [1.29, 1.82) is 0 Å². The summed E-state index contributed by atoms with van der Waals surface area (Å²) in [6, 6.07) is 4.20. The van der Waals surface area contributed by atoms with Crippen molar-refractivity contribution in [2.75, 3.05) is 13.1 Å². The first-order valence-electron chi connectivity index (χ1n) is 7.13. The number of carbonyl (C=O) groups is 1. The number of rotatable bonds is 6. The maximum absolute atomic E-state index is 11.4. The number of nitrogens with zero attached hydrogens (tertiary/aromatic N) is 1. The Morgan fingerprint density at radius 2 is 2.10 bits per heavy atom. The highest BCUT2D eigenvalue weighted by atomic mass is 16.6. The zero-order chi connectivity index (χ0) is 15.7. The molecular formula is C16H25N3O2. The van der Waals surface area contributed by atoms with Crippen molar-refractivity contribution in [3.05, 3.63) is 42.2 Å². The molecule has 0 aliphatic carbocycles. The summed E-state index contributed by atoms with van der Waals surface area (Å²) in [7, 11) is 0. The molecule has 1 aromatic rings. The van der Waals surface area contributed by atoms with Gasteiger partial charge in [-0.3, -0.25) is 4.98 Å². The lowest BCUT2D eigenvalue weighted by molar-refractivity contribution is 0.0534. The molecule has 0 saturated heterocycles. The number of hydrogen-bond acceptors (Lipinski definition) is 4. The molecule has 0 aromatic carbocycles. The third-order valence-corrected chi connectivity index (χ3v) is 2.66. The van der Waals surface area contributed by atoms with Gasteiger partial charge < -0.3 is 15.4 Å². The Hall–Kier alpha value is -1.88. The van der Waals surface area contributed by atoms with Gasteiger partial charge in [-0.25, -0.2) is 4.79 Å². The molecule has 0 saturated carbocycles. The fraction of sp³-hybridized carbons (Fsp3) is 0.500. The topological polar surface area (TPSA) is 63.2 Å². The van der Waals surface area contributed by atoms with E-state index in [1.165, 1.54) is 0 Å². The van der Waals surface area contributed by atoms with Crippen LogP contribution in [0, 0.1) is 0 Å². The van der Waals surface area contributed by atoms with Crippen molar-refractivity contribution >= 4 is 6.09 Å². The Morgan fingerprint density at radius 1 is 1.38 bits per heavy atom. The first-order valence-corrected chi connectivity index (χ1v) is 7.13. The molecule has 116 valence electrons. The second-order valence-corrected chi connectivity index (χ2v) is 5.77. The van der Waals surface area contributed by atoms with E-state index in [0.29, 0.717) is 6.54 Å². The van der Waals surface area contributed by atoms with Gasteiger partial charge in [-0.15, -0.1) is 0 Å². The van der Waals surface area contributed by atoms with Gasteiger partial charge in [0.05, 0.1) is 0 Å². The summed E-state index contributed by atoms with van der Waals surface area (Å²) >= 11 is 0. The predicted octanol–water partition coefficient (Wildman–Crippen LogP) is 2.81. The van der Waals surface area contributed by atoms with Crippen molar-refractivity contribution < 1.29 is 9.53 Å². The van der Waals surface area contributed by atoms with Crippen molar-refractivity contribution in [2.45, 2.75) is 39.3 Å². The summed E-state index contributed by atoms with van der Waals surface area (Å²) in [5.74, 6) is 0. The minimum atomic E-state index is -0.464. The first kappa shape index (κ1) is 17.2. The SMILES string of the molecule is CC(NC/C=C/CNC(=O)OC(C)(C)C)c1cccnc1. The molecule has 1 atom stereocenters. The third-order valence-electron chi connectivity index (χ3n) is 2.66. The van der Waals surface area contributed by atoms with Crippen molar-refractivity contribution in [3.8, 4) is 0 Å². The van der Waals surface area contributed by atoms with Gasteiger partial charge in [0.2, 0.25) is 0 Å². The Balaban J connectivity index is 2.17. The number of hydrogen-bond donors (Lipinski definition) is 2. The highest BCUT2D eigenvalue weighted by molar-refractivity contribution is 5.67. The van der Waals surface area contributed by atoms with Crippen molar-refractivity contribution in [3.63, 3.8) is 0 Å². The maximum Gasteiger partial charge on any atom is 0.407 e. The average Bonchev–Trinajstić information content (AvgIpc) is 2.41. The molecule has 0 aliphatic heterocycles. The molecule has 0 bridgehead atoms. The van der Waals surface area contributed by atoms with Crippen LogP contribution in [0.3, 0.4) is 0 Å². The molecular weight excluding hydrogens is 266 g/mol. The maximum atomic E-state index is 11.4. The zero-order valence-corrected chi connectivity index (χ0v) is 13.2. The van der Waals surface area contributed by atoms with Gasteiger partial charge in [-0.05, 0) is 39.3 Å². The minimum Gasteiger partial charge on any atom is -0.444 e. The van der Waals surface area contributed by atoms with Crippen LogP contribution in [-0.2, 0) is 4.74 Å². The van der Waals surface area contributed by atoms with Crippen LogP contribution in [0.5, 0.6) is 0 Å². The summed E-state index contributed by atoms with van der Waals surface area (Å²) in [4.78, 5) is 15.5. The minimum absolute atomic E-state index is 0.238. The van der Waals surface area contributed by atoms with E-state index in [9.17, 15) is 4.79 Å². The smallest absolute Gasteiger partial charge is 0.407 e. The molecule has 0 spiro atoms. The summed E-state index contributed by atoms with van der Waals surface area (Å²) in [6.45, 7) is 8.79. The van der Waals surface area contributed by atoms with Gasteiger partial charge in [0, 0.05) is 31.5 Å². The van der Waals surface area contributed by atoms with E-state index in [2.05, 4.69) is 22.5 Å². The van der Waals surface area contributed by atoms with E-state index in [0.717, 1.165) is 12.1 Å². The Kier molecular flexibility index (Phi) is 6.88. The van der Waals surface area contributed by atoms with Gasteiger partial charge in [0.1, 0.15) is 5.60 Å². The van der Waals surface area contributed by atoms with Crippen LogP contribution >= 0.6 is 0 Å². The van der Waals surface area contributed by atoms with Crippen LogP contribution < -0.4 is 10.6 Å². The van der Waals surface area contributed by atoms with Crippen LogP contribution in [-0.4, -0.2) is 29.8 Å². The van der Waals surface area contributed by atoms with Gasteiger partial charge in [0.15, 0.2) is 0 Å². The Morgan fingerprint density at radius 3 is 2.71 bits per heavy atom. The Labute approximate surface area is 126 Å². The normalized spacial score (nSPS) is 13.1. The zero-order valence-electron chi connectivity index (χ0n) is 13.2. The van der Waals surface area contributed by atoms with E-state index < -0.39 is 11.7 Å². The van der Waals surface area contributed by atoms with Crippen LogP contribution in [0.15, 0.2) is 36.7 Å². The predicted molar refractivity (Wildman–Crippen MR) is 84.0 cm³/mol. The number of amides is 1. The van der Waals surface area contributed by atoms with Gasteiger partial charge in [0.25, 0.3) is 0 Å². The molecule has 5 nitrogen and oxygen atoms in total. The number of carbonyl (C=O) groups excluding carboxylic acids is 1. The fourth-order valence-corrected chi connectivity index (χ4v) is 1.62. The monoisotopic (exact) mass is 291 g/mol. The summed E-state index contributed by atoms with van der Waals surface area (Å²) in [5, 5.41) is 6.03. The number of nitrogens with one attached hydrogen (secondary N) is 2. The lowest BCUT2D eigenvalue weighted by atomic mass is 10.1. The number of ether oxygens (including phenoxy) is 1. The quantitative estimate of drug-likeness (QED) is 0.791. The van der Waals surface area contributed by atoms with E-state index >= 15 is 0 Å². The number of alkyl carbamates (subject to hydrolysis) is 1. The molecule has 1 amide bonds. The summed E-state index contributed by atoms with van der Waals surface area (Å²) in [5.41, 5.74) is 0.687. The third kappa shape index (κ3) is 8.09. The molecule has 1 aromatic heterocycles. The first-order chi connectivity index (χ1) is 9.88. The van der Waals surface area contributed by atoms with E-state index in [-0.39, 0.29) is 6.04 Å². The van der Waals surface area contributed by atoms with Crippen LogP contribution in [0.25, 0.3) is 0 Å². The molecule has 2 N–H and O–H groups in total. The second-order valence-electron chi connectivity index (χ2n) is 5.77. The van der Waals surface area contributed by atoms with Crippen LogP contribution in [0.2, 0.25) is 0 Å². The fourth-order valence-electron chi connectivity index (χ4n) is 1.62. The standard InChI is InChI=1S/C16H25N3O2/c1-13(14-8-7-9-17-12-14)18-10-5-6-11-19-15(20)21-16(2,3)4/h5-9,12-13,18H,10-11H2,1-4H3,(H,19,20)/b6-5+. The van der Waals surface area contributed by atoms with Crippen molar-refractivity contribution in [2.24, 2.45) is 0 Å². The van der Waals surface area contributed by atoms with Crippen LogP contribution in [0.4, 0.5) is 4.79 Å². The Bertz CT molecular complexity index is 452. The molecule has 0 fully saturated rings. The lowest BCUT2D eigenvalue weighted by Gasteiger charge is -2.19. The molecule has 0 aliphatic rings.